The van der Waals surface area contributed by atoms with Crippen LogP contribution in [0.25, 0.3) is 5.69 Å². The van der Waals surface area contributed by atoms with Gasteiger partial charge in [-0.15, -0.1) is 0 Å². The second-order valence-corrected chi connectivity index (χ2v) is 6.54. The van der Waals surface area contributed by atoms with Crippen LogP contribution in [0.1, 0.15) is 16.9 Å². The molecule has 27 heavy (non-hydrogen) atoms. The van der Waals surface area contributed by atoms with Crippen LogP contribution in [0.15, 0.2) is 60.8 Å². The highest BCUT2D eigenvalue weighted by Crippen LogP contribution is 2.14. The maximum atomic E-state index is 13.2. The van der Waals surface area contributed by atoms with E-state index in [1.165, 1.54) is 12.1 Å². The van der Waals surface area contributed by atoms with Crippen molar-refractivity contribution in [2.75, 3.05) is 25.0 Å². The Morgan fingerprint density at radius 2 is 1.89 bits per heavy atom. The SMILES string of the molecule is CN(CCCNC(=O)c1c[nH]c(=S)n1-c1ccc(F)cc1)c1ccccc1. The van der Waals surface area contributed by atoms with Crippen molar-refractivity contribution in [1.82, 2.24) is 14.9 Å². The van der Waals surface area contributed by atoms with Crippen LogP contribution in [0.4, 0.5) is 10.1 Å². The van der Waals surface area contributed by atoms with E-state index in [-0.39, 0.29) is 11.7 Å². The minimum absolute atomic E-state index is 0.228. The summed E-state index contributed by atoms with van der Waals surface area (Å²) in [5, 5.41) is 2.91. The number of anilines is 1. The first-order chi connectivity index (χ1) is 13.1. The average molecular weight is 384 g/mol. The third kappa shape index (κ3) is 4.62. The molecule has 5 nitrogen and oxygen atoms in total. The second-order valence-electron chi connectivity index (χ2n) is 6.16. The van der Waals surface area contributed by atoms with E-state index in [1.54, 1.807) is 22.9 Å². The standard InChI is InChI=1S/C20H21FN4OS/c1-24(16-6-3-2-4-7-16)13-5-12-22-19(26)18-14-23-20(27)25(18)17-10-8-15(21)9-11-17/h2-4,6-11,14H,5,12-13H2,1H3,(H,22,26)(H,23,27). The van der Waals surface area contributed by atoms with Gasteiger partial charge in [0.25, 0.3) is 5.91 Å². The first-order valence-corrected chi connectivity index (χ1v) is 9.08. The van der Waals surface area contributed by atoms with Crippen molar-refractivity contribution >= 4 is 23.8 Å². The molecule has 1 aromatic heterocycles. The Hall–Kier alpha value is -2.93. The molecule has 2 N–H and O–H groups in total. The minimum Gasteiger partial charge on any atom is -0.375 e. The number of nitrogens with one attached hydrogen (secondary N) is 2. The molecule has 1 amide bonds. The molecule has 140 valence electrons. The van der Waals surface area contributed by atoms with Crippen LogP contribution in [-0.2, 0) is 0 Å². The number of aromatic nitrogens is 2. The predicted octanol–water partition coefficient (Wildman–Crippen LogP) is 3.93. The van der Waals surface area contributed by atoms with E-state index >= 15 is 0 Å². The Labute approximate surface area is 162 Å². The van der Waals surface area contributed by atoms with Crippen molar-refractivity contribution in [3.05, 3.63) is 77.1 Å². The first kappa shape index (κ1) is 18.8. The highest BCUT2D eigenvalue weighted by atomic mass is 32.1. The molecule has 0 bridgehead atoms. The molecule has 0 unspecified atom stereocenters. The summed E-state index contributed by atoms with van der Waals surface area (Å²) >= 11 is 5.26. The zero-order valence-electron chi connectivity index (χ0n) is 15.0. The maximum Gasteiger partial charge on any atom is 0.269 e. The number of H-pyrrole nitrogens is 1. The predicted molar refractivity (Wildman–Crippen MR) is 108 cm³/mol. The van der Waals surface area contributed by atoms with Gasteiger partial charge in [0.15, 0.2) is 4.77 Å². The average Bonchev–Trinajstić information content (AvgIpc) is 3.08. The van der Waals surface area contributed by atoms with E-state index in [0.29, 0.717) is 22.7 Å². The number of amides is 1. The lowest BCUT2D eigenvalue weighted by molar-refractivity contribution is 0.0946. The minimum atomic E-state index is -0.339. The number of nitrogens with zero attached hydrogens (tertiary/aromatic N) is 2. The topological polar surface area (TPSA) is 53.1 Å². The van der Waals surface area contributed by atoms with Crippen LogP contribution >= 0.6 is 12.2 Å². The van der Waals surface area contributed by atoms with E-state index < -0.39 is 0 Å². The summed E-state index contributed by atoms with van der Waals surface area (Å²) in [5.74, 6) is -0.566. The highest BCUT2D eigenvalue weighted by molar-refractivity contribution is 7.71. The number of halogens is 1. The van der Waals surface area contributed by atoms with Gasteiger partial charge in [0.1, 0.15) is 11.5 Å². The van der Waals surface area contributed by atoms with Gasteiger partial charge in [-0.1, -0.05) is 18.2 Å². The monoisotopic (exact) mass is 384 g/mol. The number of benzene rings is 2. The van der Waals surface area contributed by atoms with Crippen LogP contribution in [0, 0.1) is 10.6 Å². The molecule has 0 saturated heterocycles. The fourth-order valence-corrected chi connectivity index (χ4v) is 3.07. The molecule has 0 atom stereocenters. The Balaban J connectivity index is 1.59. The Bertz CT molecular complexity index is 950. The fraction of sp³-hybridized carbons (Fsp3) is 0.200. The molecule has 0 aliphatic rings. The van der Waals surface area contributed by atoms with Crippen LogP contribution in [-0.4, -0.2) is 35.6 Å². The van der Waals surface area contributed by atoms with Gasteiger partial charge in [-0.3, -0.25) is 9.36 Å². The summed E-state index contributed by atoms with van der Waals surface area (Å²) < 4.78 is 15.1. The Morgan fingerprint density at radius 3 is 2.59 bits per heavy atom. The van der Waals surface area contributed by atoms with Crippen molar-refractivity contribution in [3.63, 3.8) is 0 Å². The smallest absolute Gasteiger partial charge is 0.269 e. The maximum absolute atomic E-state index is 13.2. The molecule has 0 aliphatic carbocycles. The quantitative estimate of drug-likeness (QED) is 0.479. The van der Waals surface area contributed by atoms with E-state index in [9.17, 15) is 9.18 Å². The van der Waals surface area contributed by atoms with E-state index in [1.807, 2.05) is 25.2 Å². The molecule has 0 aliphatic heterocycles. The van der Waals surface area contributed by atoms with Gasteiger partial charge in [-0.25, -0.2) is 4.39 Å². The summed E-state index contributed by atoms with van der Waals surface area (Å²) in [6, 6.07) is 15.9. The Kier molecular flexibility index (Phi) is 6.03. The number of hydrogen-bond donors (Lipinski definition) is 2. The molecule has 3 rings (SSSR count). The highest BCUT2D eigenvalue weighted by Gasteiger charge is 2.14. The zero-order chi connectivity index (χ0) is 19.2. The third-order valence-electron chi connectivity index (χ3n) is 4.25. The second kappa shape index (κ2) is 8.64. The van der Waals surface area contributed by atoms with Gasteiger partial charge in [-0.2, -0.15) is 0 Å². The number of carbonyl (C=O) groups is 1. The van der Waals surface area contributed by atoms with Crippen molar-refractivity contribution in [1.29, 1.82) is 0 Å². The van der Waals surface area contributed by atoms with Crippen LogP contribution in [0.2, 0.25) is 0 Å². The number of para-hydroxylation sites is 1. The van der Waals surface area contributed by atoms with E-state index in [2.05, 4.69) is 27.3 Å². The third-order valence-corrected chi connectivity index (χ3v) is 4.55. The zero-order valence-corrected chi connectivity index (χ0v) is 15.8. The van der Waals surface area contributed by atoms with Crippen LogP contribution in [0.5, 0.6) is 0 Å². The van der Waals surface area contributed by atoms with Crippen LogP contribution < -0.4 is 10.2 Å². The van der Waals surface area contributed by atoms with Gasteiger partial charge in [0.05, 0.1) is 0 Å². The summed E-state index contributed by atoms with van der Waals surface area (Å²) in [6.07, 6.45) is 2.37. The molecular formula is C20H21FN4OS. The molecule has 2 aromatic carbocycles. The summed E-state index contributed by atoms with van der Waals surface area (Å²) in [6.45, 7) is 1.36. The lowest BCUT2D eigenvalue weighted by Gasteiger charge is -2.19. The molecule has 7 heteroatoms. The normalized spacial score (nSPS) is 10.6. The van der Waals surface area contributed by atoms with E-state index in [0.717, 1.165) is 18.7 Å². The summed E-state index contributed by atoms with van der Waals surface area (Å²) in [4.78, 5) is 17.6. The van der Waals surface area contributed by atoms with Crippen molar-refractivity contribution in [2.24, 2.45) is 0 Å². The van der Waals surface area contributed by atoms with Gasteiger partial charge in [0.2, 0.25) is 0 Å². The van der Waals surface area contributed by atoms with Gasteiger partial charge in [0, 0.05) is 37.7 Å². The molecule has 0 saturated carbocycles. The van der Waals surface area contributed by atoms with E-state index in [4.69, 9.17) is 12.2 Å². The fourth-order valence-electron chi connectivity index (χ4n) is 2.80. The molecule has 3 aromatic rings. The molecule has 1 heterocycles. The molecular weight excluding hydrogens is 363 g/mol. The van der Waals surface area contributed by atoms with Crippen molar-refractivity contribution in [2.45, 2.75) is 6.42 Å². The lowest BCUT2D eigenvalue weighted by atomic mass is 10.2. The molecule has 0 spiro atoms. The number of carbonyl (C=O) groups excluding carboxylic acids is 1. The Morgan fingerprint density at radius 1 is 1.19 bits per heavy atom. The lowest BCUT2D eigenvalue weighted by Crippen LogP contribution is -2.29. The molecule has 0 radical (unpaired) electrons. The number of rotatable bonds is 7. The first-order valence-electron chi connectivity index (χ1n) is 8.67. The van der Waals surface area contributed by atoms with Gasteiger partial charge < -0.3 is 15.2 Å². The van der Waals surface area contributed by atoms with Crippen molar-refractivity contribution < 1.29 is 9.18 Å². The van der Waals surface area contributed by atoms with Crippen LogP contribution in [0.3, 0.4) is 0 Å². The summed E-state index contributed by atoms with van der Waals surface area (Å²) in [7, 11) is 2.02. The van der Waals surface area contributed by atoms with Gasteiger partial charge >= 0.3 is 0 Å². The van der Waals surface area contributed by atoms with Gasteiger partial charge in [-0.05, 0) is 55.0 Å². The summed E-state index contributed by atoms with van der Waals surface area (Å²) in [5.41, 5.74) is 2.17. The largest absolute Gasteiger partial charge is 0.375 e. The van der Waals surface area contributed by atoms with Crippen molar-refractivity contribution in [3.8, 4) is 5.69 Å². The number of aromatic amines is 1. The molecule has 0 fully saturated rings. The number of hydrogen-bond acceptors (Lipinski definition) is 3. The number of imidazole rings is 1.